The number of hydrazine groups is 1. The molecule has 7 nitrogen and oxygen atoms in total. The summed E-state index contributed by atoms with van der Waals surface area (Å²) in [5, 5.41) is 0.270. The van der Waals surface area contributed by atoms with Crippen LogP contribution in [0, 0.1) is 0 Å². The second kappa shape index (κ2) is 7.12. The van der Waals surface area contributed by atoms with Crippen molar-refractivity contribution in [3.8, 4) is 0 Å². The number of rotatable bonds is 4. The van der Waals surface area contributed by atoms with E-state index in [2.05, 4.69) is 4.74 Å². The van der Waals surface area contributed by atoms with E-state index in [9.17, 15) is 14.4 Å². The summed E-state index contributed by atoms with van der Waals surface area (Å²) >= 11 is 0. The Morgan fingerprint density at radius 2 is 1.79 bits per heavy atom. The summed E-state index contributed by atoms with van der Waals surface area (Å²) in [7, 11) is 0. The number of nitrogens with zero attached hydrogens (tertiary/aromatic N) is 1. The zero-order valence-corrected chi connectivity index (χ0v) is 10.4. The summed E-state index contributed by atoms with van der Waals surface area (Å²) in [4.78, 5) is 33.2. The lowest BCUT2D eigenvalue weighted by molar-refractivity contribution is -0.149. The number of imide groups is 1. The fourth-order valence-electron chi connectivity index (χ4n) is 1.12. The standard InChI is InChI=1S/C12H14N2O5/c1-9(15)18-8-11(16)14(13)12(17)19-7-10-5-3-2-4-6-10/h2-6H,7-8,13H2,1H3. The maximum atomic E-state index is 11.4. The van der Waals surface area contributed by atoms with E-state index in [1.807, 2.05) is 6.07 Å². The van der Waals surface area contributed by atoms with Gasteiger partial charge in [0.1, 0.15) is 6.61 Å². The molecule has 0 saturated heterocycles. The van der Waals surface area contributed by atoms with Gasteiger partial charge in [0, 0.05) is 6.92 Å². The third kappa shape index (κ3) is 5.17. The van der Waals surface area contributed by atoms with E-state index >= 15 is 0 Å². The van der Waals surface area contributed by atoms with Crippen LogP contribution in [0.4, 0.5) is 4.79 Å². The van der Waals surface area contributed by atoms with Gasteiger partial charge in [-0.05, 0) is 5.56 Å². The van der Waals surface area contributed by atoms with E-state index < -0.39 is 24.6 Å². The fourth-order valence-corrected chi connectivity index (χ4v) is 1.12. The monoisotopic (exact) mass is 266 g/mol. The first-order chi connectivity index (χ1) is 9.00. The first-order valence-electron chi connectivity index (χ1n) is 5.42. The second-order valence-electron chi connectivity index (χ2n) is 3.58. The van der Waals surface area contributed by atoms with Crippen molar-refractivity contribution in [2.45, 2.75) is 13.5 Å². The van der Waals surface area contributed by atoms with Crippen molar-refractivity contribution >= 4 is 18.0 Å². The third-order valence-corrected chi connectivity index (χ3v) is 2.07. The number of benzene rings is 1. The number of esters is 1. The van der Waals surface area contributed by atoms with E-state index in [1.165, 1.54) is 0 Å². The Hall–Kier alpha value is -2.41. The molecule has 0 fully saturated rings. The van der Waals surface area contributed by atoms with Crippen molar-refractivity contribution in [1.82, 2.24) is 5.01 Å². The molecule has 1 rings (SSSR count). The molecular weight excluding hydrogens is 252 g/mol. The van der Waals surface area contributed by atoms with Crippen LogP contribution in [0.5, 0.6) is 0 Å². The normalized spacial score (nSPS) is 9.58. The maximum Gasteiger partial charge on any atom is 0.431 e. The van der Waals surface area contributed by atoms with Crippen LogP contribution in [0.25, 0.3) is 0 Å². The largest absolute Gasteiger partial charge is 0.456 e. The molecule has 0 aliphatic heterocycles. The number of hydrogen-bond acceptors (Lipinski definition) is 6. The summed E-state index contributed by atoms with van der Waals surface area (Å²) in [5.74, 6) is 3.72. The summed E-state index contributed by atoms with van der Waals surface area (Å²) in [6.45, 7) is 0.530. The Morgan fingerprint density at radius 3 is 2.37 bits per heavy atom. The van der Waals surface area contributed by atoms with Crippen molar-refractivity contribution in [3.63, 3.8) is 0 Å². The fraction of sp³-hybridized carbons (Fsp3) is 0.250. The Morgan fingerprint density at radius 1 is 1.16 bits per heavy atom. The molecule has 1 aromatic rings. The molecule has 2 N–H and O–H groups in total. The quantitative estimate of drug-likeness (QED) is 0.370. The van der Waals surface area contributed by atoms with Crippen molar-refractivity contribution in [3.05, 3.63) is 35.9 Å². The number of carbonyl (C=O) groups excluding carboxylic acids is 3. The predicted octanol–water partition coefficient (Wildman–Crippen LogP) is 0.589. The highest BCUT2D eigenvalue weighted by Gasteiger charge is 2.20. The summed E-state index contributed by atoms with van der Waals surface area (Å²) < 4.78 is 9.24. The molecule has 0 bridgehead atoms. The molecule has 0 aliphatic rings. The van der Waals surface area contributed by atoms with Crippen molar-refractivity contribution in [2.75, 3.05) is 6.61 Å². The van der Waals surface area contributed by atoms with Gasteiger partial charge in [0.25, 0.3) is 5.91 Å². The molecule has 0 radical (unpaired) electrons. The minimum Gasteiger partial charge on any atom is -0.456 e. The molecule has 0 atom stereocenters. The van der Waals surface area contributed by atoms with Crippen LogP contribution in [-0.2, 0) is 25.7 Å². The lowest BCUT2D eigenvalue weighted by atomic mass is 10.2. The van der Waals surface area contributed by atoms with Crippen LogP contribution < -0.4 is 5.84 Å². The lowest BCUT2D eigenvalue weighted by Crippen LogP contribution is -2.45. The third-order valence-electron chi connectivity index (χ3n) is 2.07. The summed E-state index contributed by atoms with van der Waals surface area (Å²) in [6.07, 6.45) is -1.01. The van der Waals surface area contributed by atoms with Crippen LogP contribution in [-0.4, -0.2) is 29.6 Å². The number of nitrogens with two attached hydrogens (primary N) is 1. The minimum absolute atomic E-state index is 0.00574. The Labute approximate surface area is 109 Å². The number of amides is 2. The van der Waals surface area contributed by atoms with Gasteiger partial charge in [0.15, 0.2) is 6.61 Å². The minimum atomic E-state index is -1.01. The molecule has 102 valence electrons. The van der Waals surface area contributed by atoms with E-state index in [-0.39, 0.29) is 11.6 Å². The first kappa shape index (κ1) is 14.7. The molecule has 0 spiro atoms. The lowest BCUT2D eigenvalue weighted by Gasteiger charge is -2.14. The Bertz CT molecular complexity index is 460. The highest BCUT2D eigenvalue weighted by molar-refractivity contribution is 5.92. The van der Waals surface area contributed by atoms with Gasteiger partial charge in [-0.1, -0.05) is 30.3 Å². The molecule has 0 aromatic heterocycles. The van der Waals surface area contributed by atoms with Crippen LogP contribution in [0.3, 0.4) is 0 Å². The van der Waals surface area contributed by atoms with Gasteiger partial charge in [0.05, 0.1) is 0 Å². The second-order valence-corrected chi connectivity index (χ2v) is 3.58. The van der Waals surface area contributed by atoms with Crippen molar-refractivity contribution in [1.29, 1.82) is 0 Å². The first-order valence-corrected chi connectivity index (χ1v) is 5.42. The van der Waals surface area contributed by atoms with E-state index in [4.69, 9.17) is 10.6 Å². The average Bonchev–Trinajstić information content (AvgIpc) is 2.42. The van der Waals surface area contributed by atoms with Gasteiger partial charge < -0.3 is 9.47 Å². The molecule has 2 amide bonds. The van der Waals surface area contributed by atoms with Gasteiger partial charge in [-0.25, -0.2) is 10.6 Å². The summed E-state index contributed by atoms with van der Waals surface area (Å²) in [6, 6.07) is 8.91. The molecule has 0 heterocycles. The molecular formula is C12H14N2O5. The Kier molecular flexibility index (Phi) is 5.49. The van der Waals surface area contributed by atoms with Gasteiger partial charge in [-0.15, -0.1) is 0 Å². The number of ether oxygens (including phenoxy) is 2. The van der Waals surface area contributed by atoms with E-state index in [0.29, 0.717) is 0 Å². The molecule has 1 aromatic carbocycles. The van der Waals surface area contributed by atoms with Gasteiger partial charge in [0.2, 0.25) is 0 Å². The van der Waals surface area contributed by atoms with Gasteiger partial charge in [-0.2, -0.15) is 5.01 Å². The van der Waals surface area contributed by atoms with Crippen LogP contribution in [0.2, 0.25) is 0 Å². The molecule has 0 saturated carbocycles. The average molecular weight is 266 g/mol. The molecule has 19 heavy (non-hydrogen) atoms. The van der Waals surface area contributed by atoms with E-state index in [0.717, 1.165) is 12.5 Å². The van der Waals surface area contributed by atoms with Gasteiger partial charge in [-0.3, -0.25) is 9.59 Å². The smallest absolute Gasteiger partial charge is 0.431 e. The maximum absolute atomic E-state index is 11.4. The van der Waals surface area contributed by atoms with Crippen LogP contribution in [0.15, 0.2) is 30.3 Å². The molecule has 0 aliphatic carbocycles. The van der Waals surface area contributed by atoms with Crippen molar-refractivity contribution < 1.29 is 23.9 Å². The highest BCUT2D eigenvalue weighted by atomic mass is 16.6. The zero-order chi connectivity index (χ0) is 14.3. The van der Waals surface area contributed by atoms with Crippen molar-refractivity contribution in [2.24, 2.45) is 5.84 Å². The topological polar surface area (TPSA) is 98.9 Å². The van der Waals surface area contributed by atoms with Crippen LogP contribution >= 0.6 is 0 Å². The molecule has 0 unspecified atom stereocenters. The number of carbonyl (C=O) groups is 3. The summed E-state index contributed by atoms with van der Waals surface area (Å²) in [5.41, 5.74) is 0.761. The molecule has 7 heteroatoms. The Balaban J connectivity index is 2.40. The van der Waals surface area contributed by atoms with Gasteiger partial charge >= 0.3 is 12.1 Å². The highest BCUT2D eigenvalue weighted by Crippen LogP contribution is 2.02. The van der Waals surface area contributed by atoms with Crippen LogP contribution in [0.1, 0.15) is 12.5 Å². The SMILES string of the molecule is CC(=O)OCC(=O)N(N)C(=O)OCc1ccccc1. The number of hydrogen-bond donors (Lipinski definition) is 1. The van der Waals surface area contributed by atoms with E-state index in [1.54, 1.807) is 24.3 Å². The zero-order valence-electron chi connectivity index (χ0n) is 10.4. The predicted molar refractivity (Wildman–Crippen MR) is 64.3 cm³/mol.